The number of nitrogens with zero attached hydrogens (tertiary/aromatic N) is 5. The first-order valence-electron chi connectivity index (χ1n) is 6.59. The molecule has 0 fully saturated rings. The van der Waals surface area contributed by atoms with E-state index in [0.717, 1.165) is 0 Å². The van der Waals surface area contributed by atoms with Crippen LogP contribution < -0.4 is 5.32 Å². The zero-order valence-electron chi connectivity index (χ0n) is 12.1. The summed E-state index contributed by atoms with van der Waals surface area (Å²) in [6.07, 6.45) is 3.03. The third kappa shape index (κ3) is 3.23. The Kier molecular flexibility index (Phi) is 4.28. The fourth-order valence-corrected chi connectivity index (χ4v) is 1.90. The minimum Gasteiger partial charge on any atom is -0.342 e. The highest BCUT2D eigenvalue weighted by atomic mass is 16.1. The Hall–Kier alpha value is -2.75. The van der Waals surface area contributed by atoms with Crippen molar-refractivity contribution in [2.24, 2.45) is 0 Å². The van der Waals surface area contributed by atoms with E-state index >= 15 is 0 Å². The largest absolute Gasteiger partial charge is 0.342 e. The summed E-state index contributed by atoms with van der Waals surface area (Å²) in [6, 6.07) is 4.93. The van der Waals surface area contributed by atoms with E-state index in [1.807, 2.05) is 31.4 Å². The van der Waals surface area contributed by atoms with Crippen LogP contribution in [0.25, 0.3) is 0 Å². The van der Waals surface area contributed by atoms with Gasteiger partial charge in [0.15, 0.2) is 5.82 Å². The molecule has 0 aromatic carbocycles. The van der Waals surface area contributed by atoms with E-state index in [0.29, 0.717) is 11.4 Å². The standard InChI is InChI=1S/C14H16N6O/c1-9(2)20-8-17-19-13(20)10(3)18-14(21)11-4-5-12(6-15)16-7-11/h4-5,7-10H,1-3H3,(H,18,21). The molecule has 2 aromatic rings. The van der Waals surface area contributed by atoms with Crippen molar-refractivity contribution in [1.82, 2.24) is 25.1 Å². The van der Waals surface area contributed by atoms with E-state index in [4.69, 9.17) is 5.26 Å². The summed E-state index contributed by atoms with van der Waals surface area (Å²) in [6.45, 7) is 5.88. The van der Waals surface area contributed by atoms with Gasteiger partial charge in [0.2, 0.25) is 0 Å². The number of carbonyl (C=O) groups excluding carboxylic acids is 1. The van der Waals surface area contributed by atoms with Crippen molar-refractivity contribution < 1.29 is 4.79 Å². The van der Waals surface area contributed by atoms with E-state index in [1.54, 1.807) is 12.4 Å². The normalized spacial score (nSPS) is 12.0. The van der Waals surface area contributed by atoms with Gasteiger partial charge in [-0.05, 0) is 32.9 Å². The van der Waals surface area contributed by atoms with Gasteiger partial charge in [0.1, 0.15) is 18.1 Å². The predicted octanol–water partition coefficient (Wildman–Crippen LogP) is 1.62. The van der Waals surface area contributed by atoms with Crippen molar-refractivity contribution in [3.63, 3.8) is 0 Å². The number of amides is 1. The quantitative estimate of drug-likeness (QED) is 0.920. The molecule has 2 heterocycles. The van der Waals surface area contributed by atoms with Crippen molar-refractivity contribution in [1.29, 1.82) is 5.26 Å². The monoisotopic (exact) mass is 284 g/mol. The highest BCUT2D eigenvalue weighted by Crippen LogP contribution is 2.14. The molecule has 108 valence electrons. The van der Waals surface area contributed by atoms with Crippen molar-refractivity contribution in [3.05, 3.63) is 41.7 Å². The van der Waals surface area contributed by atoms with Gasteiger partial charge in [0.25, 0.3) is 5.91 Å². The summed E-state index contributed by atoms with van der Waals surface area (Å²) in [5.74, 6) is 0.428. The maximum absolute atomic E-state index is 12.1. The third-order valence-electron chi connectivity index (χ3n) is 3.03. The average molecular weight is 284 g/mol. The smallest absolute Gasteiger partial charge is 0.253 e. The molecule has 1 atom stereocenters. The van der Waals surface area contributed by atoms with Gasteiger partial charge in [-0.3, -0.25) is 4.79 Å². The molecule has 1 N–H and O–H groups in total. The number of nitrogens with one attached hydrogen (secondary N) is 1. The number of hydrogen-bond donors (Lipinski definition) is 1. The minimum absolute atomic E-state index is 0.214. The fraction of sp³-hybridized carbons (Fsp3) is 0.357. The molecule has 2 rings (SSSR count). The van der Waals surface area contributed by atoms with Crippen LogP contribution in [0.15, 0.2) is 24.7 Å². The second kappa shape index (κ2) is 6.13. The summed E-state index contributed by atoms with van der Waals surface area (Å²) >= 11 is 0. The molecule has 0 bridgehead atoms. The zero-order chi connectivity index (χ0) is 15.4. The van der Waals surface area contributed by atoms with E-state index in [9.17, 15) is 4.79 Å². The second-order valence-corrected chi connectivity index (χ2v) is 4.93. The van der Waals surface area contributed by atoms with Crippen molar-refractivity contribution in [2.45, 2.75) is 32.9 Å². The summed E-state index contributed by atoms with van der Waals surface area (Å²) in [7, 11) is 0. The molecule has 21 heavy (non-hydrogen) atoms. The lowest BCUT2D eigenvalue weighted by Gasteiger charge is -2.16. The third-order valence-corrected chi connectivity index (χ3v) is 3.03. The first-order chi connectivity index (χ1) is 10.0. The van der Waals surface area contributed by atoms with Gasteiger partial charge >= 0.3 is 0 Å². The van der Waals surface area contributed by atoms with Crippen LogP contribution in [-0.4, -0.2) is 25.7 Å². The molecule has 7 nitrogen and oxygen atoms in total. The van der Waals surface area contributed by atoms with Crippen LogP contribution in [-0.2, 0) is 0 Å². The first-order valence-corrected chi connectivity index (χ1v) is 6.59. The molecule has 2 aromatic heterocycles. The Morgan fingerprint density at radius 3 is 2.71 bits per heavy atom. The Balaban J connectivity index is 2.11. The van der Waals surface area contributed by atoms with Gasteiger partial charge in [-0.15, -0.1) is 10.2 Å². The molecule has 0 radical (unpaired) electrons. The Bertz CT molecular complexity index is 668. The highest BCUT2D eigenvalue weighted by molar-refractivity contribution is 5.94. The first kappa shape index (κ1) is 14.7. The van der Waals surface area contributed by atoms with Crippen LogP contribution in [0.5, 0.6) is 0 Å². The molecule has 0 spiro atoms. The van der Waals surface area contributed by atoms with E-state index in [2.05, 4.69) is 20.5 Å². The number of pyridine rings is 1. The van der Waals surface area contributed by atoms with Crippen molar-refractivity contribution in [2.75, 3.05) is 0 Å². The lowest BCUT2D eigenvalue weighted by atomic mass is 10.2. The van der Waals surface area contributed by atoms with E-state index in [-0.39, 0.29) is 23.7 Å². The number of nitriles is 1. The summed E-state index contributed by atoms with van der Waals surface area (Å²) in [5.41, 5.74) is 0.676. The Morgan fingerprint density at radius 1 is 1.38 bits per heavy atom. The topological polar surface area (TPSA) is 96.5 Å². The van der Waals surface area contributed by atoms with Gasteiger partial charge in [-0.1, -0.05) is 0 Å². The van der Waals surface area contributed by atoms with Gasteiger partial charge < -0.3 is 9.88 Å². The highest BCUT2D eigenvalue weighted by Gasteiger charge is 2.18. The number of hydrogen-bond acceptors (Lipinski definition) is 5. The Labute approximate surface area is 122 Å². The maximum atomic E-state index is 12.1. The van der Waals surface area contributed by atoms with Crippen LogP contribution in [0.3, 0.4) is 0 Å². The maximum Gasteiger partial charge on any atom is 0.253 e. The number of carbonyl (C=O) groups is 1. The summed E-state index contributed by atoms with van der Waals surface area (Å²) < 4.78 is 1.90. The van der Waals surface area contributed by atoms with Crippen molar-refractivity contribution >= 4 is 5.91 Å². The molecule has 0 aliphatic rings. The van der Waals surface area contributed by atoms with Crippen molar-refractivity contribution in [3.8, 4) is 6.07 Å². The minimum atomic E-state index is -0.280. The molecule has 1 unspecified atom stereocenters. The molecule has 7 heteroatoms. The molecular weight excluding hydrogens is 268 g/mol. The van der Waals surface area contributed by atoms with Gasteiger partial charge in [-0.2, -0.15) is 5.26 Å². The average Bonchev–Trinajstić information content (AvgIpc) is 2.97. The molecule has 0 aliphatic carbocycles. The van der Waals surface area contributed by atoms with Crippen LogP contribution in [0.2, 0.25) is 0 Å². The fourth-order valence-electron chi connectivity index (χ4n) is 1.90. The van der Waals surface area contributed by atoms with E-state index in [1.165, 1.54) is 12.3 Å². The summed E-state index contributed by atoms with van der Waals surface area (Å²) in [4.78, 5) is 16.0. The summed E-state index contributed by atoms with van der Waals surface area (Å²) in [5, 5.41) is 19.5. The van der Waals surface area contributed by atoms with Crippen LogP contribution in [0.4, 0.5) is 0 Å². The molecule has 0 saturated carbocycles. The van der Waals surface area contributed by atoms with Crippen LogP contribution in [0.1, 0.15) is 54.7 Å². The SMILES string of the molecule is CC(NC(=O)c1ccc(C#N)nc1)c1nncn1C(C)C. The predicted molar refractivity (Wildman–Crippen MR) is 75.2 cm³/mol. The second-order valence-electron chi connectivity index (χ2n) is 4.93. The van der Waals surface area contributed by atoms with Gasteiger partial charge in [-0.25, -0.2) is 4.98 Å². The number of rotatable bonds is 4. The Morgan fingerprint density at radius 2 is 2.14 bits per heavy atom. The molecular formula is C14H16N6O. The molecule has 0 saturated heterocycles. The number of aromatic nitrogens is 4. The molecule has 0 aliphatic heterocycles. The lowest BCUT2D eigenvalue weighted by molar-refractivity contribution is 0.0937. The van der Waals surface area contributed by atoms with Gasteiger partial charge in [0, 0.05) is 12.2 Å². The lowest BCUT2D eigenvalue weighted by Crippen LogP contribution is -2.29. The zero-order valence-corrected chi connectivity index (χ0v) is 12.1. The van der Waals surface area contributed by atoms with E-state index < -0.39 is 0 Å². The van der Waals surface area contributed by atoms with Crippen LogP contribution in [0, 0.1) is 11.3 Å². The molecule has 1 amide bonds. The van der Waals surface area contributed by atoms with Gasteiger partial charge in [0.05, 0.1) is 11.6 Å². The van der Waals surface area contributed by atoms with Crippen LogP contribution >= 0.6 is 0 Å².